The first-order chi connectivity index (χ1) is 10.0. The lowest BCUT2D eigenvalue weighted by molar-refractivity contribution is 0.196. The molecule has 0 radical (unpaired) electrons. The third-order valence-corrected chi connectivity index (χ3v) is 3.29. The highest BCUT2D eigenvalue weighted by Gasteiger charge is 2.21. The van der Waals surface area contributed by atoms with Crippen molar-refractivity contribution in [1.29, 1.82) is 0 Å². The Labute approximate surface area is 128 Å². The van der Waals surface area contributed by atoms with Gasteiger partial charge in [-0.1, -0.05) is 15.9 Å². The van der Waals surface area contributed by atoms with E-state index in [1.807, 2.05) is 0 Å². The Hall–Kier alpha value is -1.45. The molecule has 0 spiro atoms. The van der Waals surface area contributed by atoms with Gasteiger partial charge in [0.25, 0.3) is 0 Å². The standard InChI is InChI=1S/C12H14BrF2N5O/c1-7(16-3-4-21-2)12-17-18-19-20(12)11-9(14)5-8(13)6-10(11)15/h5-7,16H,3-4H2,1-2H3. The fourth-order valence-corrected chi connectivity index (χ4v) is 2.23. The molecular formula is C12H14BrF2N5O. The smallest absolute Gasteiger partial charge is 0.173 e. The van der Waals surface area contributed by atoms with Crippen molar-refractivity contribution in [2.75, 3.05) is 20.3 Å². The van der Waals surface area contributed by atoms with Crippen LogP contribution in [0.5, 0.6) is 0 Å². The van der Waals surface area contributed by atoms with E-state index in [4.69, 9.17) is 4.74 Å². The van der Waals surface area contributed by atoms with E-state index in [0.717, 1.165) is 16.8 Å². The highest BCUT2D eigenvalue weighted by Crippen LogP contribution is 2.24. The maximum atomic E-state index is 14.0. The second kappa shape index (κ2) is 7.01. The highest BCUT2D eigenvalue weighted by atomic mass is 79.9. The minimum Gasteiger partial charge on any atom is -0.383 e. The van der Waals surface area contributed by atoms with E-state index in [9.17, 15) is 8.78 Å². The maximum Gasteiger partial charge on any atom is 0.173 e. The quantitative estimate of drug-likeness (QED) is 0.797. The molecule has 114 valence electrons. The molecule has 0 saturated heterocycles. The van der Waals surface area contributed by atoms with Crippen LogP contribution in [0.3, 0.4) is 0 Å². The van der Waals surface area contributed by atoms with Gasteiger partial charge >= 0.3 is 0 Å². The summed E-state index contributed by atoms with van der Waals surface area (Å²) >= 11 is 3.03. The van der Waals surface area contributed by atoms with Crippen LogP contribution in [-0.4, -0.2) is 40.5 Å². The van der Waals surface area contributed by atoms with Crippen molar-refractivity contribution < 1.29 is 13.5 Å². The van der Waals surface area contributed by atoms with Crippen molar-refractivity contribution in [3.05, 3.63) is 34.1 Å². The van der Waals surface area contributed by atoms with Crippen LogP contribution in [0.1, 0.15) is 18.8 Å². The van der Waals surface area contributed by atoms with Crippen molar-refractivity contribution in [1.82, 2.24) is 25.5 Å². The Morgan fingerprint density at radius 1 is 1.38 bits per heavy atom. The zero-order valence-corrected chi connectivity index (χ0v) is 13.1. The highest BCUT2D eigenvalue weighted by molar-refractivity contribution is 9.10. The molecule has 1 aromatic carbocycles. The number of methoxy groups -OCH3 is 1. The Morgan fingerprint density at radius 2 is 2.05 bits per heavy atom. The van der Waals surface area contributed by atoms with Gasteiger partial charge in [0.1, 0.15) is 5.69 Å². The Kier molecular flexibility index (Phi) is 5.32. The average Bonchev–Trinajstić information content (AvgIpc) is 2.87. The van der Waals surface area contributed by atoms with Gasteiger partial charge in [-0.3, -0.25) is 0 Å². The molecule has 0 aliphatic rings. The first-order valence-corrected chi connectivity index (χ1v) is 6.99. The lowest BCUT2D eigenvalue weighted by atomic mass is 10.2. The summed E-state index contributed by atoms with van der Waals surface area (Å²) < 4.78 is 34.3. The lowest BCUT2D eigenvalue weighted by Crippen LogP contribution is -2.25. The molecule has 2 rings (SSSR count). The monoisotopic (exact) mass is 361 g/mol. The minimum atomic E-state index is -0.750. The largest absolute Gasteiger partial charge is 0.383 e. The number of hydrogen-bond acceptors (Lipinski definition) is 5. The fourth-order valence-electron chi connectivity index (χ4n) is 1.83. The van der Waals surface area contributed by atoms with E-state index >= 15 is 0 Å². The Morgan fingerprint density at radius 3 is 2.67 bits per heavy atom. The van der Waals surface area contributed by atoms with Crippen LogP contribution in [0.4, 0.5) is 8.78 Å². The average molecular weight is 362 g/mol. The summed E-state index contributed by atoms with van der Waals surface area (Å²) in [5, 5.41) is 14.1. The summed E-state index contributed by atoms with van der Waals surface area (Å²) in [6, 6.07) is 2.03. The molecule has 1 heterocycles. The molecular weight excluding hydrogens is 348 g/mol. The molecule has 9 heteroatoms. The van der Waals surface area contributed by atoms with E-state index in [-0.39, 0.29) is 11.7 Å². The topological polar surface area (TPSA) is 64.9 Å². The van der Waals surface area contributed by atoms with Crippen LogP contribution in [0.25, 0.3) is 5.69 Å². The Balaban J connectivity index is 2.32. The van der Waals surface area contributed by atoms with Gasteiger partial charge < -0.3 is 10.1 Å². The van der Waals surface area contributed by atoms with Gasteiger partial charge in [-0.05, 0) is 29.5 Å². The molecule has 0 aliphatic carbocycles. The third kappa shape index (κ3) is 3.60. The third-order valence-electron chi connectivity index (χ3n) is 2.83. The first kappa shape index (κ1) is 15.9. The van der Waals surface area contributed by atoms with Crippen LogP contribution in [0.2, 0.25) is 0 Å². The summed E-state index contributed by atoms with van der Waals surface area (Å²) in [6.07, 6.45) is 0. The zero-order valence-electron chi connectivity index (χ0n) is 11.5. The predicted molar refractivity (Wildman–Crippen MR) is 75.1 cm³/mol. The minimum absolute atomic E-state index is 0.294. The van der Waals surface area contributed by atoms with Gasteiger partial charge in [0.2, 0.25) is 0 Å². The summed E-state index contributed by atoms with van der Waals surface area (Å²) in [7, 11) is 1.59. The molecule has 0 bridgehead atoms. The van der Waals surface area contributed by atoms with E-state index in [1.54, 1.807) is 14.0 Å². The van der Waals surface area contributed by atoms with Crippen LogP contribution >= 0.6 is 15.9 Å². The van der Waals surface area contributed by atoms with Gasteiger partial charge in [0, 0.05) is 18.1 Å². The molecule has 0 fully saturated rings. The summed E-state index contributed by atoms with van der Waals surface area (Å²) in [5.41, 5.74) is -0.307. The molecule has 21 heavy (non-hydrogen) atoms. The van der Waals surface area contributed by atoms with Crippen molar-refractivity contribution >= 4 is 15.9 Å². The van der Waals surface area contributed by atoms with Crippen LogP contribution < -0.4 is 5.32 Å². The fraction of sp³-hybridized carbons (Fsp3) is 0.417. The van der Waals surface area contributed by atoms with Gasteiger partial charge in [-0.15, -0.1) is 5.10 Å². The maximum absolute atomic E-state index is 14.0. The lowest BCUT2D eigenvalue weighted by Gasteiger charge is -2.14. The zero-order chi connectivity index (χ0) is 15.4. The van der Waals surface area contributed by atoms with Crippen molar-refractivity contribution in [2.24, 2.45) is 0 Å². The number of aromatic nitrogens is 4. The van der Waals surface area contributed by atoms with Crippen LogP contribution in [0, 0.1) is 11.6 Å². The number of nitrogens with zero attached hydrogens (tertiary/aromatic N) is 4. The number of nitrogens with one attached hydrogen (secondary N) is 1. The second-order valence-corrected chi connectivity index (χ2v) is 5.25. The molecule has 0 saturated carbocycles. The molecule has 1 atom stereocenters. The van der Waals surface area contributed by atoms with E-state index in [1.165, 1.54) is 0 Å². The summed E-state index contributed by atoms with van der Waals surface area (Å²) in [6.45, 7) is 2.87. The second-order valence-electron chi connectivity index (χ2n) is 4.34. The van der Waals surface area contributed by atoms with Crippen LogP contribution in [0.15, 0.2) is 16.6 Å². The molecule has 1 aromatic heterocycles. The number of ether oxygens (including phenoxy) is 1. The van der Waals surface area contributed by atoms with Crippen molar-refractivity contribution in [3.63, 3.8) is 0 Å². The van der Waals surface area contributed by atoms with E-state index < -0.39 is 11.6 Å². The van der Waals surface area contributed by atoms with Crippen LogP contribution in [-0.2, 0) is 4.74 Å². The number of tetrazole rings is 1. The van der Waals surface area contributed by atoms with Gasteiger partial charge in [-0.2, -0.15) is 4.68 Å². The van der Waals surface area contributed by atoms with Gasteiger partial charge in [-0.25, -0.2) is 8.78 Å². The summed E-state index contributed by atoms with van der Waals surface area (Å²) in [5.74, 6) is -1.19. The number of benzene rings is 1. The van der Waals surface area contributed by atoms with E-state index in [2.05, 4.69) is 36.8 Å². The van der Waals surface area contributed by atoms with E-state index in [0.29, 0.717) is 23.4 Å². The number of hydrogen-bond donors (Lipinski definition) is 1. The Bertz CT molecular complexity index is 598. The number of halogens is 3. The molecule has 1 N–H and O–H groups in total. The SMILES string of the molecule is COCCNC(C)c1nnnn1-c1c(F)cc(Br)cc1F. The van der Waals surface area contributed by atoms with Crippen molar-refractivity contribution in [2.45, 2.75) is 13.0 Å². The summed E-state index contributed by atoms with van der Waals surface area (Å²) in [4.78, 5) is 0. The molecule has 0 aliphatic heterocycles. The molecule has 1 unspecified atom stereocenters. The predicted octanol–water partition coefficient (Wildman–Crippen LogP) is 2.00. The number of rotatable bonds is 6. The van der Waals surface area contributed by atoms with Crippen molar-refractivity contribution in [3.8, 4) is 5.69 Å². The molecule has 6 nitrogen and oxygen atoms in total. The first-order valence-electron chi connectivity index (χ1n) is 6.20. The normalized spacial score (nSPS) is 12.6. The van der Waals surface area contributed by atoms with Gasteiger partial charge in [0.15, 0.2) is 17.5 Å². The molecule has 0 amide bonds. The molecule has 2 aromatic rings. The van der Waals surface area contributed by atoms with Gasteiger partial charge in [0.05, 0.1) is 12.6 Å².